The molecule has 19 heteroatoms. The molecule has 0 bridgehead atoms. The Morgan fingerprint density at radius 2 is 0.464 bits per heavy atom. The summed E-state index contributed by atoms with van der Waals surface area (Å²) < 4.78 is 69.1. The first-order valence-electron chi connectivity index (χ1n) is 47.0. The molecular weight excluding hydrogens is 1430 g/mol. The average Bonchev–Trinajstić information content (AvgIpc) is 0.898. The maximum absolute atomic E-state index is 13.2. The number of hydrogen-bond donors (Lipinski definition) is 3. The van der Waals surface area contributed by atoms with Crippen molar-refractivity contribution in [3.8, 4) is 0 Å². The van der Waals surface area contributed by atoms with E-state index >= 15 is 0 Å². The second-order valence-electron chi connectivity index (χ2n) is 33.4. The summed E-state index contributed by atoms with van der Waals surface area (Å²) in [7, 11) is -9.94. The van der Waals surface area contributed by atoms with Crippen LogP contribution in [0.2, 0.25) is 0 Å². The molecule has 110 heavy (non-hydrogen) atoms. The third-order valence-corrected chi connectivity index (χ3v) is 23.7. The zero-order valence-corrected chi connectivity index (χ0v) is 74.4. The fourth-order valence-electron chi connectivity index (χ4n) is 14.3. The smallest absolute Gasteiger partial charge is 0.462 e. The van der Waals surface area contributed by atoms with E-state index < -0.39 is 97.5 Å². The van der Waals surface area contributed by atoms with Gasteiger partial charge in [-0.2, -0.15) is 0 Å². The molecule has 0 aromatic carbocycles. The lowest BCUT2D eigenvalue weighted by molar-refractivity contribution is -0.161. The van der Waals surface area contributed by atoms with E-state index in [9.17, 15) is 43.2 Å². The molecule has 0 spiro atoms. The first kappa shape index (κ1) is 108. The summed E-state index contributed by atoms with van der Waals surface area (Å²) in [5.74, 6) is -0.442. The zero-order valence-electron chi connectivity index (χ0n) is 72.6. The van der Waals surface area contributed by atoms with Crippen LogP contribution in [0.4, 0.5) is 0 Å². The number of carbonyl (C=O) groups excluding carboxylic acids is 4. The second-order valence-corrected chi connectivity index (χ2v) is 36.3. The van der Waals surface area contributed by atoms with Crippen LogP contribution >= 0.6 is 15.6 Å². The van der Waals surface area contributed by atoms with Gasteiger partial charge in [0.2, 0.25) is 0 Å². The summed E-state index contributed by atoms with van der Waals surface area (Å²) in [4.78, 5) is 73.5. The van der Waals surface area contributed by atoms with Crippen molar-refractivity contribution in [2.75, 3.05) is 39.6 Å². The summed E-state index contributed by atoms with van der Waals surface area (Å²) in [5, 5.41) is 10.7. The van der Waals surface area contributed by atoms with Crippen LogP contribution in [0, 0.1) is 11.8 Å². The number of rotatable bonds is 90. The number of phosphoric ester groups is 2. The number of esters is 4. The Morgan fingerprint density at radius 1 is 0.264 bits per heavy atom. The van der Waals surface area contributed by atoms with Crippen LogP contribution in [0.1, 0.15) is 491 Å². The van der Waals surface area contributed by atoms with Gasteiger partial charge >= 0.3 is 39.5 Å². The Hall–Kier alpha value is -1.94. The maximum atomic E-state index is 13.2. The van der Waals surface area contributed by atoms with Gasteiger partial charge in [0.15, 0.2) is 12.2 Å². The minimum absolute atomic E-state index is 0.108. The molecule has 0 aromatic heterocycles. The summed E-state index contributed by atoms with van der Waals surface area (Å²) in [6.45, 7) is 9.79. The minimum atomic E-state index is -4.97. The number of ether oxygens (including phenoxy) is 4. The fourth-order valence-corrected chi connectivity index (χ4v) is 15.9. The number of unbranched alkanes of at least 4 members (excludes halogenated alkanes) is 59. The lowest BCUT2D eigenvalue weighted by Gasteiger charge is -2.21. The third-order valence-electron chi connectivity index (χ3n) is 21.8. The van der Waals surface area contributed by atoms with E-state index in [0.717, 1.165) is 102 Å². The van der Waals surface area contributed by atoms with Gasteiger partial charge in [0.05, 0.1) is 26.4 Å². The number of phosphoric acid groups is 2. The van der Waals surface area contributed by atoms with Gasteiger partial charge in [-0.25, -0.2) is 9.13 Å². The van der Waals surface area contributed by atoms with Gasteiger partial charge in [0.25, 0.3) is 0 Å². The van der Waals surface area contributed by atoms with Gasteiger partial charge in [-0.3, -0.25) is 37.3 Å². The lowest BCUT2D eigenvalue weighted by Crippen LogP contribution is -2.30. The summed E-state index contributed by atoms with van der Waals surface area (Å²) in [6.07, 6.45) is 76.3. The Kier molecular flexibility index (Phi) is 80.7. The zero-order chi connectivity index (χ0) is 80.6. The normalized spacial score (nSPS) is 14.0. The number of aliphatic hydroxyl groups is 1. The van der Waals surface area contributed by atoms with Gasteiger partial charge < -0.3 is 33.8 Å². The molecule has 3 unspecified atom stereocenters. The molecular formula is C91H178O17P2. The van der Waals surface area contributed by atoms with Crippen LogP contribution in [-0.4, -0.2) is 96.7 Å². The quantitative estimate of drug-likeness (QED) is 0.0222. The Labute approximate surface area is 677 Å². The summed E-state index contributed by atoms with van der Waals surface area (Å²) in [5.41, 5.74) is 0. The van der Waals surface area contributed by atoms with Crippen LogP contribution in [0.25, 0.3) is 0 Å². The topological polar surface area (TPSA) is 237 Å². The fraction of sp³-hybridized carbons (Fsp3) is 0.956. The SMILES string of the molecule is CCCCCCCCCCCCCCCCCCCCCCCC(=O)O[C@H](COC(=O)CCCCCCCCCCCCCCCCCC(C)C)COP(=O)(O)OC[C@@H](O)COP(=O)(O)OC[C@@H](COC(=O)CCCCCCCCCCCCCCC)OC(=O)CCCCCCCCCCCCCCCCC(C)CC. The molecule has 17 nitrogen and oxygen atoms in total. The standard InChI is InChI=1S/C91H178O17P2/c1-7-10-12-14-16-18-20-22-23-24-25-26-27-28-31-39-45-51-57-63-69-75-90(95)107-87(80-102-89(94)74-68-62-56-50-44-38-32-29-30-36-41-47-53-59-65-71-83(4)5)82-106-110(99,100)104-78-85(92)77-103-109(97,98)105-81-86(79-101-88(93)73-67-61-55-49-43-35-21-19-17-15-13-11-8-2)108-91(96)76-70-64-58-52-46-40-34-33-37-42-48-54-60-66-72-84(6)9-3/h83-87,92H,7-82H2,1-6H3,(H,97,98)(H,99,100)/t84?,85-,86+,87+/m0/s1. The highest BCUT2D eigenvalue weighted by Crippen LogP contribution is 2.45. The van der Waals surface area contributed by atoms with E-state index in [2.05, 4.69) is 41.5 Å². The van der Waals surface area contributed by atoms with Crippen molar-refractivity contribution < 1.29 is 80.2 Å². The van der Waals surface area contributed by atoms with Gasteiger partial charge in [-0.05, 0) is 37.5 Å². The van der Waals surface area contributed by atoms with Crippen molar-refractivity contribution in [2.24, 2.45) is 11.8 Å². The molecule has 654 valence electrons. The van der Waals surface area contributed by atoms with Crippen molar-refractivity contribution >= 4 is 39.5 Å². The third kappa shape index (κ3) is 82.6. The molecule has 0 aliphatic heterocycles. The van der Waals surface area contributed by atoms with Crippen LogP contribution in [0.15, 0.2) is 0 Å². The van der Waals surface area contributed by atoms with Crippen molar-refractivity contribution in [3.63, 3.8) is 0 Å². The van der Waals surface area contributed by atoms with Crippen molar-refractivity contribution in [1.82, 2.24) is 0 Å². The number of carbonyl (C=O) groups is 4. The second kappa shape index (κ2) is 82.2. The molecule has 0 aliphatic rings. The molecule has 3 N–H and O–H groups in total. The highest BCUT2D eigenvalue weighted by atomic mass is 31.2. The predicted octanol–water partition coefficient (Wildman–Crippen LogP) is 28.2. The first-order valence-corrected chi connectivity index (χ1v) is 50.0. The molecule has 0 fully saturated rings. The monoisotopic (exact) mass is 1610 g/mol. The van der Waals surface area contributed by atoms with E-state index in [1.54, 1.807) is 0 Å². The highest BCUT2D eigenvalue weighted by molar-refractivity contribution is 7.47. The molecule has 0 saturated carbocycles. The van der Waals surface area contributed by atoms with Crippen LogP contribution in [0.3, 0.4) is 0 Å². The van der Waals surface area contributed by atoms with Crippen molar-refractivity contribution in [3.05, 3.63) is 0 Å². The Morgan fingerprint density at radius 3 is 0.691 bits per heavy atom. The molecule has 0 heterocycles. The molecule has 0 saturated heterocycles. The summed E-state index contributed by atoms with van der Waals surface area (Å²) >= 11 is 0. The van der Waals surface area contributed by atoms with Gasteiger partial charge in [0, 0.05) is 25.7 Å². The number of hydrogen-bond acceptors (Lipinski definition) is 15. The molecule has 0 radical (unpaired) electrons. The van der Waals surface area contributed by atoms with Crippen molar-refractivity contribution in [2.45, 2.75) is 509 Å². The first-order chi connectivity index (χ1) is 53.4. The van der Waals surface area contributed by atoms with E-state index in [1.807, 2.05) is 0 Å². The van der Waals surface area contributed by atoms with E-state index in [4.69, 9.17) is 37.0 Å². The van der Waals surface area contributed by atoms with E-state index in [-0.39, 0.29) is 25.7 Å². The largest absolute Gasteiger partial charge is 0.472 e. The predicted molar refractivity (Wildman–Crippen MR) is 455 cm³/mol. The van der Waals surface area contributed by atoms with E-state index in [1.165, 1.54) is 308 Å². The molecule has 0 rings (SSSR count). The van der Waals surface area contributed by atoms with Crippen LogP contribution < -0.4 is 0 Å². The molecule has 0 aromatic rings. The maximum Gasteiger partial charge on any atom is 0.472 e. The van der Waals surface area contributed by atoms with Gasteiger partial charge in [-0.15, -0.1) is 0 Å². The number of aliphatic hydroxyl groups excluding tert-OH is 1. The van der Waals surface area contributed by atoms with E-state index in [0.29, 0.717) is 25.7 Å². The Bertz CT molecular complexity index is 2100. The van der Waals surface area contributed by atoms with Gasteiger partial charge in [-0.1, -0.05) is 440 Å². The highest BCUT2D eigenvalue weighted by Gasteiger charge is 2.31. The van der Waals surface area contributed by atoms with Gasteiger partial charge in [0.1, 0.15) is 19.3 Å². The summed E-state index contributed by atoms with van der Waals surface area (Å²) in [6, 6.07) is 0. The lowest BCUT2D eigenvalue weighted by atomic mass is 9.99. The van der Waals surface area contributed by atoms with Crippen molar-refractivity contribution in [1.29, 1.82) is 0 Å². The molecule has 6 atom stereocenters. The van der Waals surface area contributed by atoms with Crippen LogP contribution in [0.5, 0.6) is 0 Å². The molecule has 0 aliphatic carbocycles. The minimum Gasteiger partial charge on any atom is -0.462 e. The van der Waals surface area contributed by atoms with Crippen LogP contribution in [-0.2, 0) is 65.4 Å². The average molecular weight is 1610 g/mol. The molecule has 0 amide bonds. The Balaban J connectivity index is 5.26.